The summed E-state index contributed by atoms with van der Waals surface area (Å²) in [7, 11) is 0. The maximum absolute atomic E-state index is 10.5. The second-order valence-electron chi connectivity index (χ2n) is 2.80. The highest BCUT2D eigenvalue weighted by Gasteiger charge is 2.11. The van der Waals surface area contributed by atoms with Crippen LogP contribution in [0.5, 0.6) is 0 Å². The third kappa shape index (κ3) is 6.50. The molecule has 0 heterocycles. The summed E-state index contributed by atoms with van der Waals surface area (Å²) >= 11 is 0. The Balaban J connectivity index is 4.10. The number of carbonyl (C=O) groups is 2. The summed E-state index contributed by atoms with van der Waals surface area (Å²) in [5, 5.41) is 16.9. The van der Waals surface area contributed by atoms with E-state index in [1.165, 1.54) is 0 Å². The molecule has 0 saturated heterocycles. The standard InChI is InChI=1S/C9H14O6/c1-3-6(2)14-5-15-7(9(12)13)4-8(10)11/h4,6H,3,5H2,1-2H3,(H,10,11)(H,12,13)/b7-4+. The minimum atomic E-state index is -1.44. The molecular weight excluding hydrogens is 204 g/mol. The molecule has 0 aliphatic heterocycles. The van der Waals surface area contributed by atoms with Crippen molar-refractivity contribution < 1.29 is 29.3 Å². The molecule has 86 valence electrons. The van der Waals surface area contributed by atoms with Gasteiger partial charge in [-0.15, -0.1) is 0 Å². The van der Waals surface area contributed by atoms with Gasteiger partial charge in [-0.25, -0.2) is 9.59 Å². The average molecular weight is 218 g/mol. The van der Waals surface area contributed by atoms with Gasteiger partial charge in [0.05, 0.1) is 12.2 Å². The number of aliphatic carboxylic acids is 2. The van der Waals surface area contributed by atoms with Crippen molar-refractivity contribution in [2.24, 2.45) is 0 Å². The molecule has 0 spiro atoms. The summed E-state index contributed by atoms with van der Waals surface area (Å²) in [6.45, 7) is 3.42. The maximum atomic E-state index is 10.5. The van der Waals surface area contributed by atoms with Crippen molar-refractivity contribution in [1.82, 2.24) is 0 Å². The van der Waals surface area contributed by atoms with Crippen molar-refractivity contribution >= 4 is 11.9 Å². The molecule has 2 N–H and O–H groups in total. The van der Waals surface area contributed by atoms with E-state index in [4.69, 9.17) is 14.9 Å². The molecule has 0 saturated carbocycles. The lowest BCUT2D eigenvalue weighted by Crippen LogP contribution is -2.14. The molecule has 0 aromatic heterocycles. The quantitative estimate of drug-likeness (QED) is 0.373. The fourth-order valence-corrected chi connectivity index (χ4v) is 0.609. The van der Waals surface area contributed by atoms with E-state index in [-0.39, 0.29) is 12.9 Å². The zero-order valence-corrected chi connectivity index (χ0v) is 8.60. The Bertz CT molecular complexity index is 257. The minimum absolute atomic E-state index is 0.0649. The first-order valence-corrected chi connectivity index (χ1v) is 4.39. The average Bonchev–Trinajstić information content (AvgIpc) is 2.15. The third-order valence-electron chi connectivity index (χ3n) is 1.61. The van der Waals surface area contributed by atoms with Gasteiger partial charge in [-0.2, -0.15) is 0 Å². The molecule has 0 fully saturated rings. The van der Waals surface area contributed by atoms with Gasteiger partial charge in [0.25, 0.3) is 0 Å². The van der Waals surface area contributed by atoms with Crippen molar-refractivity contribution in [3.05, 3.63) is 11.8 Å². The highest BCUT2D eigenvalue weighted by Crippen LogP contribution is 2.01. The van der Waals surface area contributed by atoms with Gasteiger partial charge in [-0.3, -0.25) is 0 Å². The first kappa shape index (κ1) is 13.4. The number of carboxylic acids is 2. The van der Waals surface area contributed by atoms with E-state index in [2.05, 4.69) is 4.74 Å². The number of ether oxygens (including phenoxy) is 2. The monoisotopic (exact) mass is 218 g/mol. The second-order valence-corrected chi connectivity index (χ2v) is 2.80. The van der Waals surface area contributed by atoms with Gasteiger partial charge >= 0.3 is 11.9 Å². The van der Waals surface area contributed by atoms with Crippen molar-refractivity contribution in [2.45, 2.75) is 26.4 Å². The van der Waals surface area contributed by atoms with Crippen LogP contribution in [0.2, 0.25) is 0 Å². The molecule has 0 rings (SSSR count). The Morgan fingerprint density at radius 1 is 1.40 bits per heavy atom. The highest BCUT2D eigenvalue weighted by atomic mass is 16.7. The van der Waals surface area contributed by atoms with Crippen molar-refractivity contribution in [1.29, 1.82) is 0 Å². The van der Waals surface area contributed by atoms with E-state index in [1.807, 2.05) is 6.92 Å². The first-order chi connectivity index (χ1) is 6.97. The van der Waals surface area contributed by atoms with Gasteiger partial charge in [0.1, 0.15) is 0 Å². The van der Waals surface area contributed by atoms with E-state index in [0.29, 0.717) is 6.08 Å². The van der Waals surface area contributed by atoms with Crippen LogP contribution >= 0.6 is 0 Å². The van der Waals surface area contributed by atoms with Gasteiger partial charge in [0, 0.05) is 0 Å². The van der Waals surface area contributed by atoms with Crippen LogP contribution in [0.1, 0.15) is 20.3 Å². The first-order valence-electron chi connectivity index (χ1n) is 4.39. The van der Waals surface area contributed by atoms with Crippen LogP contribution in [0.15, 0.2) is 11.8 Å². The van der Waals surface area contributed by atoms with Crippen LogP contribution in [0.3, 0.4) is 0 Å². The molecule has 0 amide bonds. The fraction of sp³-hybridized carbons (Fsp3) is 0.556. The molecule has 0 aromatic carbocycles. The fourth-order valence-electron chi connectivity index (χ4n) is 0.609. The van der Waals surface area contributed by atoms with E-state index >= 15 is 0 Å². The summed E-state index contributed by atoms with van der Waals surface area (Å²) in [4.78, 5) is 20.7. The summed E-state index contributed by atoms with van der Waals surface area (Å²) < 4.78 is 9.68. The van der Waals surface area contributed by atoms with Gasteiger partial charge in [0.15, 0.2) is 6.79 Å². The summed E-state index contributed by atoms with van der Waals surface area (Å²) in [5.74, 6) is -3.47. The highest BCUT2D eigenvalue weighted by molar-refractivity contribution is 5.92. The second kappa shape index (κ2) is 6.83. The molecule has 1 unspecified atom stereocenters. The Morgan fingerprint density at radius 3 is 2.40 bits per heavy atom. The summed E-state index contributed by atoms with van der Waals surface area (Å²) in [6.07, 6.45) is 1.17. The Morgan fingerprint density at radius 2 is 2.00 bits per heavy atom. The number of rotatable bonds is 7. The van der Waals surface area contributed by atoms with Crippen LogP contribution in [-0.4, -0.2) is 35.0 Å². The van der Waals surface area contributed by atoms with Crippen molar-refractivity contribution in [3.63, 3.8) is 0 Å². The van der Waals surface area contributed by atoms with Gasteiger partial charge in [-0.1, -0.05) is 6.92 Å². The number of hydrogen-bond donors (Lipinski definition) is 2. The molecule has 0 aromatic rings. The molecule has 0 bridgehead atoms. The zero-order valence-electron chi connectivity index (χ0n) is 8.60. The number of hydrogen-bond acceptors (Lipinski definition) is 4. The van der Waals surface area contributed by atoms with Gasteiger partial charge in [-0.05, 0) is 13.3 Å². The Labute approximate surface area is 87.1 Å². The van der Waals surface area contributed by atoms with E-state index in [1.54, 1.807) is 6.92 Å². The van der Waals surface area contributed by atoms with E-state index < -0.39 is 17.7 Å². The predicted octanol–water partition coefficient (Wildman–Crippen LogP) is 0.829. The summed E-state index contributed by atoms with van der Waals surface area (Å²) in [6, 6.07) is 0. The number of carboxylic acid groups (broad SMARTS) is 2. The van der Waals surface area contributed by atoms with Crippen LogP contribution in [0.25, 0.3) is 0 Å². The van der Waals surface area contributed by atoms with E-state index in [9.17, 15) is 9.59 Å². The lowest BCUT2D eigenvalue weighted by Gasteiger charge is -2.11. The molecule has 0 aliphatic rings. The van der Waals surface area contributed by atoms with Crippen molar-refractivity contribution in [2.75, 3.05) is 6.79 Å². The van der Waals surface area contributed by atoms with Gasteiger partial charge < -0.3 is 19.7 Å². The Hall–Kier alpha value is -1.56. The van der Waals surface area contributed by atoms with Crippen LogP contribution in [-0.2, 0) is 19.1 Å². The molecule has 1 atom stereocenters. The smallest absolute Gasteiger partial charge is 0.371 e. The predicted molar refractivity (Wildman–Crippen MR) is 50.1 cm³/mol. The summed E-state index contributed by atoms with van der Waals surface area (Å²) in [5.41, 5.74) is 0. The molecule has 0 aliphatic carbocycles. The third-order valence-corrected chi connectivity index (χ3v) is 1.61. The SMILES string of the molecule is CCC(C)OCO/C(=C/C(=O)O)C(=O)O. The Kier molecular flexibility index (Phi) is 6.12. The van der Waals surface area contributed by atoms with E-state index in [0.717, 1.165) is 6.42 Å². The molecule has 0 radical (unpaired) electrons. The van der Waals surface area contributed by atoms with Crippen LogP contribution < -0.4 is 0 Å². The minimum Gasteiger partial charge on any atom is -0.478 e. The maximum Gasteiger partial charge on any atom is 0.371 e. The molecule has 15 heavy (non-hydrogen) atoms. The normalized spacial score (nSPS) is 13.3. The molecule has 6 nitrogen and oxygen atoms in total. The molecular formula is C9H14O6. The lowest BCUT2D eigenvalue weighted by molar-refractivity contribution is -0.142. The van der Waals surface area contributed by atoms with Crippen molar-refractivity contribution in [3.8, 4) is 0 Å². The largest absolute Gasteiger partial charge is 0.478 e. The molecule has 6 heteroatoms. The van der Waals surface area contributed by atoms with Crippen LogP contribution in [0.4, 0.5) is 0 Å². The zero-order chi connectivity index (χ0) is 11.8. The topological polar surface area (TPSA) is 93.1 Å². The lowest BCUT2D eigenvalue weighted by atomic mass is 10.3. The van der Waals surface area contributed by atoms with Gasteiger partial charge in [0.2, 0.25) is 5.76 Å². The van der Waals surface area contributed by atoms with Crippen LogP contribution in [0, 0.1) is 0 Å².